The number of rotatable bonds is 3. The quantitative estimate of drug-likeness (QED) is 0.442. The lowest BCUT2D eigenvalue weighted by atomic mass is 9.90. The second kappa shape index (κ2) is 6.77. The zero-order chi connectivity index (χ0) is 11.1. The molecule has 0 unspecified atom stereocenters. The minimum absolute atomic E-state index is 0.356. The summed E-state index contributed by atoms with van der Waals surface area (Å²) in [5, 5.41) is 7.86. The van der Waals surface area contributed by atoms with E-state index in [1.807, 2.05) is 6.21 Å². The summed E-state index contributed by atoms with van der Waals surface area (Å²) in [6.45, 7) is 4.11. The Morgan fingerprint density at radius 1 is 1.33 bits per heavy atom. The van der Waals surface area contributed by atoms with Crippen LogP contribution in [0.3, 0.4) is 0 Å². The van der Waals surface area contributed by atoms with Crippen molar-refractivity contribution < 1.29 is 0 Å². The number of hydrogen-bond acceptors (Lipinski definition) is 2. The van der Waals surface area contributed by atoms with Crippen molar-refractivity contribution >= 4 is 23.5 Å². The minimum Gasteiger partial charge on any atom is -0.359 e. The molecule has 0 aromatic carbocycles. The van der Waals surface area contributed by atoms with Gasteiger partial charge in [0.1, 0.15) is 0 Å². The zero-order valence-corrected chi connectivity index (χ0v) is 10.4. The fraction of sp³-hybridized carbons (Fsp3) is 0.818. The average molecular weight is 227 g/mol. The highest BCUT2D eigenvalue weighted by Gasteiger charge is 2.10. The summed E-state index contributed by atoms with van der Waals surface area (Å²) in [4.78, 5) is 0. The lowest BCUT2D eigenvalue weighted by Gasteiger charge is -2.17. The molecular formula is C11H21N3S. The number of hydrogen-bond donors (Lipinski definition) is 2. The normalized spacial score (nSPS) is 18.3. The molecule has 0 aromatic heterocycles. The van der Waals surface area contributed by atoms with Crippen LogP contribution in [0.1, 0.15) is 46.0 Å². The van der Waals surface area contributed by atoms with Crippen LogP contribution in [0.2, 0.25) is 0 Å². The smallest absolute Gasteiger partial charge is 0.187 e. The van der Waals surface area contributed by atoms with Gasteiger partial charge in [-0.2, -0.15) is 5.10 Å². The minimum atomic E-state index is 0.356. The van der Waals surface area contributed by atoms with Gasteiger partial charge in [0.2, 0.25) is 0 Å². The first-order valence-corrected chi connectivity index (χ1v) is 6.19. The van der Waals surface area contributed by atoms with Crippen molar-refractivity contribution in [3.8, 4) is 0 Å². The molecule has 1 aliphatic carbocycles. The highest BCUT2D eigenvalue weighted by Crippen LogP contribution is 2.21. The lowest BCUT2D eigenvalue weighted by molar-refractivity contribution is 0.444. The molecule has 0 spiro atoms. The van der Waals surface area contributed by atoms with Crippen molar-refractivity contribution in [1.82, 2.24) is 10.7 Å². The Bertz CT molecular complexity index is 220. The largest absolute Gasteiger partial charge is 0.359 e. The maximum absolute atomic E-state index is 5.06. The second-order valence-electron chi connectivity index (χ2n) is 4.42. The first kappa shape index (κ1) is 12.4. The monoisotopic (exact) mass is 227 g/mol. The Labute approximate surface area is 97.7 Å². The summed E-state index contributed by atoms with van der Waals surface area (Å²) in [6, 6.07) is 0.356. The van der Waals surface area contributed by atoms with Crippen LogP contribution in [-0.4, -0.2) is 17.4 Å². The Morgan fingerprint density at radius 3 is 2.60 bits per heavy atom. The van der Waals surface area contributed by atoms with E-state index < -0.39 is 0 Å². The molecule has 0 aromatic rings. The molecule has 1 rings (SSSR count). The molecule has 2 N–H and O–H groups in total. The van der Waals surface area contributed by atoms with E-state index in [4.69, 9.17) is 12.2 Å². The van der Waals surface area contributed by atoms with Gasteiger partial charge in [-0.25, -0.2) is 0 Å². The van der Waals surface area contributed by atoms with E-state index in [1.54, 1.807) is 0 Å². The molecule has 86 valence electrons. The molecule has 4 heteroatoms. The zero-order valence-electron chi connectivity index (χ0n) is 9.62. The van der Waals surface area contributed by atoms with Crippen molar-refractivity contribution in [3.05, 3.63) is 0 Å². The third-order valence-corrected chi connectivity index (χ3v) is 2.73. The van der Waals surface area contributed by atoms with Gasteiger partial charge in [-0.05, 0) is 44.8 Å². The summed E-state index contributed by atoms with van der Waals surface area (Å²) < 4.78 is 0. The van der Waals surface area contributed by atoms with Gasteiger partial charge in [-0.1, -0.05) is 19.3 Å². The molecule has 1 saturated carbocycles. The molecule has 0 saturated heterocycles. The topological polar surface area (TPSA) is 36.4 Å². The Morgan fingerprint density at radius 2 is 2.00 bits per heavy atom. The highest BCUT2D eigenvalue weighted by atomic mass is 32.1. The molecule has 0 radical (unpaired) electrons. The third kappa shape index (κ3) is 5.72. The third-order valence-electron chi connectivity index (χ3n) is 2.52. The molecule has 0 heterocycles. The van der Waals surface area contributed by atoms with Crippen LogP contribution in [0.4, 0.5) is 0 Å². The van der Waals surface area contributed by atoms with Crippen LogP contribution >= 0.6 is 12.2 Å². The summed E-state index contributed by atoms with van der Waals surface area (Å²) in [6.07, 6.45) is 8.61. The van der Waals surface area contributed by atoms with Crippen molar-refractivity contribution in [2.45, 2.75) is 52.0 Å². The van der Waals surface area contributed by atoms with E-state index in [0.717, 1.165) is 0 Å². The van der Waals surface area contributed by atoms with Crippen molar-refractivity contribution in [1.29, 1.82) is 0 Å². The molecule has 0 amide bonds. The second-order valence-corrected chi connectivity index (χ2v) is 4.82. The van der Waals surface area contributed by atoms with Crippen LogP contribution in [0.25, 0.3) is 0 Å². The standard InChI is InChI=1S/C11H21N3S/c1-9(2)13-11(15)14-12-8-10-6-4-3-5-7-10/h8-10H,3-7H2,1-2H3,(H2,13,14,15)/b12-8+. The van der Waals surface area contributed by atoms with Crippen LogP contribution in [0, 0.1) is 5.92 Å². The number of nitrogens with one attached hydrogen (secondary N) is 2. The number of nitrogens with zero attached hydrogens (tertiary/aromatic N) is 1. The molecule has 3 nitrogen and oxygen atoms in total. The maximum atomic E-state index is 5.06. The van der Waals surface area contributed by atoms with Crippen LogP contribution in [-0.2, 0) is 0 Å². The van der Waals surface area contributed by atoms with E-state index in [-0.39, 0.29) is 0 Å². The summed E-state index contributed by atoms with van der Waals surface area (Å²) in [5.41, 5.74) is 2.85. The fourth-order valence-corrected chi connectivity index (χ4v) is 2.07. The van der Waals surface area contributed by atoms with Gasteiger partial charge in [0, 0.05) is 12.3 Å². The van der Waals surface area contributed by atoms with Crippen LogP contribution < -0.4 is 10.7 Å². The predicted molar refractivity (Wildman–Crippen MR) is 69.1 cm³/mol. The first-order valence-electron chi connectivity index (χ1n) is 5.78. The summed E-state index contributed by atoms with van der Waals surface area (Å²) in [5.74, 6) is 0.646. The lowest BCUT2D eigenvalue weighted by Crippen LogP contribution is -2.36. The van der Waals surface area contributed by atoms with E-state index in [1.165, 1.54) is 32.1 Å². The van der Waals surface area contributed by atoms with Gasteiger partial charge in [-0.15, -0.1) is 0 Å². The molecule has 1 aliphatic rings. The number of hydrazone groups is 1. The van der Waals surface area contributed by atoms with Crippen molar-refractivity contribution in [3.63, 3.8) is 0 Å². The van der Waals surface area contributed by atoms with Crippen LogP contribution in [0.5, 0.6) is 0 Å². The fourth-order valence-electron chi connectivity index (χ4n) is 1.78. The summed E-state index contributed by atoms with van der Waals surface area (Å²) in [7, 11) is 0. The Hall–Kier alpha value is -0.640. The highest BCUT2D eigenvalue weighted by molar-refractivity contribution is 7.80. The van der Waals surface area contributed by atoms with Gasteiger partial charge in [0.05, 0.1) is 0 Å². The van der Waals surface area contributed by atoms with E-state index >= 15 is 0 Å². The summed E-state index contributed by atoms with van der Waals surface area (Å²) >= 11 is 5.06. The Kier molecular flexibility index (Phi) is 5.61. The maximum Gasteiger partial charge on any atom is 0.187 e. The predicted octanol–water partition coefficient (Wildman–Crippen LogP) is 2.43. The average Bonchev–Trinajstić information content (AvgIpc) is 2.18. The van der Waals surface area contributed by atoms with E-state index in [2.05, 4.69) is 29.7 Å². The molecule has 15 heavy (non-hydrogen) atoms. The van der Waals surface area contributed by atoms with Crippen LogP contribution in [0.15, 0.2) is 5.10 Å². The first-order chi connectivity index (χ1) is 7.18. The van der Waals surface area contributed by atoms with Gasteiger partial charge < -0.3 is 5.32 Å². The Balaban J connectivity index is 2.17. The molecule has 0 bridgehead atoms. The van der Waals surface area contributed by atoms with Crippen molar-refractivity contribution in [2.75, 3.05) is 0 Å². The van der Waals surface area contributed by atoms with E-state index in [0.29, 0.717) is 17.1 Å². The molecular weight excluding hydrogens is 206 g/mol. The van der Waals surface area contributed by atoms with Gasteiger partial charge in [0.15, 0.2) is 5.11 Å². The van der Waals surface area contributed by atoms with Gasteiger partial charge in [-0.3, -0.25) is 5.43 Å². The van der Waals surface area contributed by atoms with Gasteiger partial charge >= 0.3 is 0 Å². The van der Waals surface area contributed by atoms with Gasteiger partial charge in [0.25, 0.3) is 0 Å². The van der Waals surface area contributed by atoms with E-state index in [9.17, 15) is 0 Å². The molecule has 0 aliphatic heterocycles. The van der Waals surface area contributed by atoms with Crippen molar-refractivity contribution in [2.24, 2.45) is 11.0 Å². The molecule has 0 atom stereocenters. The molecule has 1 fully saturated rings. The number of thiocarbonyl (C=S) groups is 1. The SMILES string of the molecule is CC(C)NC(=S)N/N=C/C1CCCCC1.